The molecule has 0 bridgehead atoms. The Hall–Kier alpha value is -2.44. The minimum Gasteiger partial charge on any atom is -0.464 e. The summed E-state index contributed by atoms with van der Waals surface area (Å²) in [6, 6.07) is 14.0. The smallest absolute Gasteiger partial charge is 0.410 e. The van der Waals surface area contributed by atoms with Crippen molar-refractivity contribution in [2.45, 2.75) is 45.8 Å². The van der Waals surface area contributed by atoms with Gasteiger partial charge in [-0.2, -0.15) is 4.98 Å². The fourth-order valence-corrected chi connectivity index (χ4v) is 4.48. The van der Waals surface area contributed by atoms with E-state index in [1.165, 1.54) is 0 Å². The molecule has 2 heterocycles. The molecule has 1 aliphatic rings. The largest absolute Gasteiger partial charge is 0.464 e. The van der Waals surface area contributed by atoms with E-state index >= 15 is 0 Å². The Kier molecular flexibility index (Phi) is 7.05. The van der Waals surface area contributed by atoms with E-state index in [9.17, 15) is 4.79 Å². The number of halogens is 2. The lowest BCUT2D eigenvalue weighted by Gasteiger charge is -2.33. The number of fused-ring (bicyclic) bond motifs is 1. The second kappa shape index (κ2) is 9.82. The number of carbonyl (C=O) groups is 1. The van der Waals surface area contributed by atoms with Crippen molar-refractivity contribution >= 4 is 40.3 Å². The Balaban J connectivity index is 1.44. The van der Waals surface area contributed by atoms with Crippen molar-refractivity contribution in [2.75, 3.05) is 19.7 Å². The highest BCUT2D eigenvalue weighted by Gasteiger charge is 2.27. The first-order chi connectivity index (χ1) is 15.7. The molecule has 1 aromatic heterocycles. The highest BCUT2D eigenvalue weighted by Crippen LogP contribution is 2.30. The summed E-state index contributed by atoms with van der Waals surface area (Å²) < 4.78 is 13.7. The number of amides is 1. The first-order valence-electron chi connectivity index (χ1n) is 11.2. The van der Waals surface area contributed by atoms with Gasteiger partial charge in [0.05, 0.1) is 24.2 Å². The van der Waals surface area contributed by atoms with Crippen molar-refractivity contribution in [3.05, 3.63) is 58.1 Å². The zero-order chi connectivity index (χ0) is 23.6. The van der Waals surface area contributed by atoms with Gasteiger partial charge in [-0.1, -0.05) is 41.4 Å². The number of likely N-dealkylation sites (tertiary alicyclic amines) is 1. The summed E-state index contributed by atoms with van der Waals surface area (Å²) in [6.45, 7) is 7.96. The van der Waals surface area contributed by atoms with E-state index in [0.29, 0.717) is 48.2 Å². The summed E-state index contributed by atoms with van der Waals surface area (Å²) >= 11 is 12.9. The number of carbonyl (C=O) groups excluding carboxylic acids is 1. The van der Waals surface area contributed by atoms with Crippen molar-refractivity contribution in [1.29, 1.82) is 0 Å². The molecule has 0 saturated carbocycles. The monoisotopic (exact) mass is 489 g/mol. The van der Waals surface area contributed by atoms with Crippen molar-refractivity contribution < 1.29 is 14.3 Å². The van der Waals surface area contributed by atoms with Crippen LogP contribution in [0.4, 0.5) is 4.79 Å². The van der Waals surface area contributed by atoms with Crippen molar-refractivity contribution in [3.63, 3.8) is 0 Å². The van der Waals surface area contributed by atoms with Gasteiger partial charge in [0.1, 0.15) is 5.60 Å². The molecule has 4 rings (SSSR count). The zero-order valence-electron chi connectivity index (χ0n) is 19.2. The summed E-state index contributed by atoms with van der Waals surface area (Å²) in [7, 11) is 0. The molecule has 6 nitrogen and oxygen atoms in total. The third-order valence-electron chi connectivity index (χ3n) is 5.71. The van der Waals surface area contributed by atoms with Gasteiger partial charge in [-0.05, 0) is 63.8 Å². The van der Waals surface area contributed by atoms with E-state index in [1.807, 2.05) is 67.8 Å². The molecule has 0 unspecified atom stereocenters. The number of benzene rings is 2. The average Bonchev–Trinajstić information content (AvgIpc) is 3.11. The van der Waals surface area contributed by atoms with Crippen LogP contribution >= 0.6 is 23.2 Å². The predicted octanol–water partition coefficient (Wildman–Crippen LogP) is 6.42. The third kappa shape index (κ3) is 5.74. The molecule has 0 spiro atoms. The molecule has 1 aliphatic heterocycles. The summed E-state index contributed by atoms with van der Waals surface area (Å²) in [5.74, 6) is 0.334. The summed E-state index contributed by atoms with van der Waals surface area (Å²) in [4.78, 5) is 18.8. The van der Waals surface area contributed by atoms with Crippen LogP contribution in [-0.2, 0) is 11.3 Å². The molecule has 3 aromatic rings. The Morgan fingerprint density at radius 1 is 1.06 bits per heavy atom. The van der Waals surface area contributed by atoms with Gasteiger partial charge in [0.2, 0.25) is 0 Å². The van der Waals surface area contributed by atoms with Crippen molar-refractivity contribution in [1.82, 2.24) is 14.5 Å². The summed E-state index contributed by atoms with van der Waals surface area (Å²) in [6.07, 6.45) is 1.46. The van der Waals surface area contributed by atoms with Crippen molar-refractivity contribution in [2.24, 2.45) is 5.92 Å². The van der Waals surface area contributed by atoms with Gasteiger partial charge in [0.25, 0.3) is 6.01 Å². The Labute approximate surface area is 204 Å². The molecule has 2 aromatic carbocycles. The fourth-order valence-electron chi connectivity index (χ4n) is 3.96. The highest BCUT2D eigenvalue weighted by molar-refractivity contribution is 6.36. The Bertz CT molecular complexity index is 1110. The molecule has 0 radical (unpaired) electrons. The molecule has 0 aliphatic carbocycles. The number of hydrogen-bond acceptors (Lipinski definition) is 4. The van der Waals surface area contributed by atoms with Gasteiger partial charge < -0.3 is 14.4 Å². The molecule has 176 valence electrons. The Morgan fingerprint density at radius 2 is 1.73 bits per heavy atom. The molecule has 8 heteroatoms. The van der Waals surface area contributed by atoms with Gasteiger partial charge >= 0.3 is 6.09 Å². The standard InChI is InChI=1S/C25H29Cl2N3O3/c1-25(2,3)33-24(31)29-13-11-17(12-14-29)16-32-23-28-21-9-4-5-10-22(21)30(23)15-18-19(26)7-6-8-20(18)27/h4-10,17H,11-16H2,1-3H3. The quantitative estimate of drug-likeness (QED) is 0.414. The van der Waals surface area contributed by atoms with E-state index in [4.69, 9.17) is 37.7 Å². The first kappa shape index (κ1) is 23.7. The van der Waals surface area contributed by atoms with E-state index in [1.54, 1.807) is 4.90 Å². The highest BCUT2D eigenvalue weighted by atomic mass is 35.5. The van der Waals surface area contributed by atoms with Crippen LogP contribution in [0.25, 0.3) is 11.0 Å². The van der Waals surface area contributed by atoms with Gasteiger partial charge in [-0.15, -0.1) is 0 Å². The minimum atomic E-state index is -0.485. The van der Waals surface area contributed by atoms with Crippen LogP contribution in [-0.4, -0.2) is 45.8 Å². The van der Waals surface area contributed by atoms with E-state index in [-0.39, 0.29) is 6.09 Å². The molecular weight excluding hydrogens is 461 g/mol. The number of rotatable bonds is 5. The van der Waals surface area contributed by atoms with Gasteiger partial charge in [0, 0.05) is 28.7 Å². The van der Waals surface area contributed by atoms with Crippen LogP contribution in [0.3, 0.4) is 0 Å². The second-order valence-electron chi connectivity index (χ2n) is 9.39. The van der Waals surface area contributed by atoms with Gasteiger partial charge in [0.15, 0.2) is 0 Å². The zero-order valence-corrected chi connectivity index (χ0v) is 20.7. The summed E-state index contributed by atoms with van der Waals surface area (Å²) in [5, 5.41) is 1.22. The fraction of sp³-hybridized carbons (Fsp3) is 0.440. The molecule has 1 amide bonds. The number of ether oxygens (including phenoxy) is 2. The van der Waals surface area contributed by atoms with E-state index in [2.05, 4.69) is 0 Å². The minimum absolute atomic E-state index is 0.250. The maximum Gasteiger partial charge on any atom is 0.410 e. The Morgan fingerprint density at radius 3 is 2.39 bits per heavy atom. The molecule has 0 atom stereocenters. The van der Waals surface area contributed by atoms with E-state index < -0.39 is 5.60 Å². The maximum atomic E-state index is 12.3. The lowest BCUT2D eigenvalue weighted by atomic mass is 9.98. The predicted molar refractivity (Wildman–Crippen MR) is 131 cm³/mol. The van der Waals surface area contributed by atoms with Crippen molar-refractivity contribution in [3.8, 4) is 6.01 Å². The first-order valence-corrected chi connectivity index (χ1v) is 12.0. The van der Waals surface area contributed by atoms with Crippen LogP contribution in [0.1, 0.15) is 39.2 Å². The van der Waals surface area contributed by atoms with Crippen LogP contribution in [0.15, 0.2) is 42.5 Å². The number of aromatic nitrogens is 2. The third-order valence-corrected chi connectivity index (χ3v) is 6.42. The lowest BCUT2D eigenvalue weighted by molar-refractivity contribution is 0.0162. The van der Waals surface area contributed by atoms with E-state index in [0.717, 1.165) is 29.4 Å². The maximum absolute atomic E-state index is 12.3. The summed E-state index contributed by atoms with van der Waals surface area (Å²) in [5.41, 5.74) is 2.17. The van der Waals surface area contributed by atoms with Gasteiger partial charge in [-0.3, -0.25) is 4.57 Å². The second-order valence-corrected chi connectivity index (χ2v) is 10.2. The van der Waals surface area contributed by atoms with Crippen LogP contribution < -0.4 is 4.74 Å². The topological polar surface area (TPSA) is 56.6 Å². The van der Waals surface area contributed by atoms with Crippen LogP contribution in [0, 0.1) is 5.92 Å². The SMILES string of the molecule is CC(C)(C)OC(=O)N1CCC(COc2nc3ccccc3n2Cc2c(Cl)cccc2Cl)CC1. The average molecular weight is 490 g/mol. The molecule has 33 heavy (non-hydrogen) atoms. The number of hydrogen-bond donors (Lipinski definition) is 0. The molecule has 0 N–H and O–H groups in total. The number of imidazole rings is 1. The van der Waals surface area contributed by atoms with Crippen LogP contribution in [0.2, 0.25) is 10.0 Å². The molecule has 1 fully saturated rings. The lowest BCUT2D eigenvalue weighted by Crippen LogP contribution is -2.42. The normalized spacial score (nSPS) is 15.1. The number of nitrogens with zero attached hydrogens (tertiary/aromatic N) is 3. The molecule has 1 saturated heterocycles. The molecular formula is C25H29Cl2N3O3. The van der Waals surface area contributed by atoms with Crippen LogP contribution in [0.5, 0.6) is 6.01 Å². The number of para-hydroxylation sites is 2. The van der Waals surface area contributed by atoms with Gasteiger partial charge in [-0.25, -0.2) is 4.79 Å². The number of piperidine rings is 1.